The Morgan fingerprint density at radius 2 is 1.57 bits per heavy atom. The van der Waals surface area contributed by atoms with Crippen molar-refractivity contribution < 1.29 is 26.3 Å². The summed E-state index contributed by atoms with van der Waals surface area (Å²) in [4.78, 5) is 1.52. The zero-order valence-corrected chi connectivity index (χ0v) is 10.9. The van der Waals surface area contributed by atoms with Crippen molar-refractivity contribution in [3.8, 4) is 0 Å². The number of rotatable bonds is 1. The molecule has 21 heavy (non-hydrogen) atoms. The Morgan fingerprint density at radius 1 is 1.00 bits per heavy atom. The first-order valence-electron chi connectivity index (χ1n) is 6.37. The molecule has 0 unspecified atom stereocenters. The van der Waals surface area contributed by atoms with Crippen molar-refractivity contribution in [2.75, 3.05) is 23.7 Å². The fourth-order valence-electron chi connectivity index (χ4n) is 2.45. The third kappa shape index (κ3) is 3.54. The van der Waals surface area contributed by atoms with Crippen molar-refractivity contribution in [1.29, 1.82) is 0 Å². The van der Waals surface area contributed by atoms with E-state index in [1.54, 1.807) is 0 Å². The monoisotopic (exact) mass is 312 g/mol. The van der Waals surface area contributed by atoms with E-state index in [1.165, 1.54) is 11.0 Å². The van der Waals surface area contributed by atoms with Gasteiger partial charge >= 0.3 is 12.4 Å². The molecule has 0 bridgehead atoms. The second-order valence-electron chi connectivity index (χ2n) is 5.07. The number of hydrogen-bond donors (Lipinski definition) is 1. The Morgan fingerprint density at radius 3 is 2.05 bits per heavy atom. The molecule has 1 saturated heterocycles. The van der Waals surface area contributed by atoms with Crippen LogP contribution in [0.2, 0.25) is 0 Å². The summed E-state index contributed by atoms with van der Waals surface area (Å²) in [6.45, 7) is 0.150. The molecule has 0 radical (unpaired) electrons. The predicted molar refractivity (Wildman–Crippen MR) is 66.8 cm³/mol. The standard InChI is InChI=1S/C13H14F6N2/c14-12(15,16)8-3-5-21(6-4-8)9-1-2-11(20)10(7-9)13(17,18)19/h1-2,7-8H,3-6,20H2. The fourth-order valence-corrected chi connectivity index (χ4v) is 2.45. The molecule has 0 atom stereocenters. The van der Waals surface area contributed by atoms with Crippen molar-refractivity contribution in [2.45, 2.75) is 25.2 Å². The van der Waals surface area contributed by atoms with Crippen molar-refractivity contribution in [3.63, 3.8) is 0 Å². The number of nitrogen functional groups attached to an aromatic ring is 1. The predicted octanol–water partition coefficient (Wildman–Crippen LogP) is 4.07. The van der Waals surface area contributed by atoms with E-state index in [4.69, 9.17) is 5.73 Å². The van der Waals surface area contributed by atoms with Gasteiger partial charge in [-0.1, -0.05) is 0 Å². The Labute approximate surface area is 117 Å². The van der Waals surface area contributed by atoms with Crippen LogP contribution in [0.15, 0.2) is 18.2 Å². The summed E-state index contributed by atoms with van der Waals surface area (Å²) >= 11 is 0. The molecule has 2 rings (SSSR count). The maximum Gasteiger partial charge on any atom is 0.418 e. The number of anilines is 2. The molecule has 8 heteroatoms. The van der Waals surface area contributed by atoms with E-state index in [1.807, 2.05) is 0 Å². The van der Waals surface area contributed by atoms with Gasteiger partial charge in [-0.15, -0.1) is 0 Å². The highest BCUT2D eigenvalue weighted by atomic mass is 19.4. The fraction of sp³-hybridized carbons (Fsp3) is 0.538. The molecule has 1 fully saturated rings. The summed E-state index contributed by atoms with van der Waals surface area (Å²) in [5.41, 5.74) is 4.19. The maximum absolute atomic E-state index is 12.8. The van der Waals surface area contributed by atoms with Crippen molar-refractivity contribution in [1.82, 2.24) is 0 Å². The van der Waals surface area contributed by atoms with Gasteiger partial charge in [0, 0.05) is 24.5 Å². The SMILES string of the molecule is Nc1ccc(N2CCC(C(F)(F)F)CC2)cc1C(F)(F)F. The van der Waals surface area contributed by atoms with Crippen LogP contribution in [0.5, 0.6) is 0 Å². The van der Waals surface area contributed by atoms with Crippen LogP contribution >= 0.6 is 0 Å². The summed E-state index contributed by atoms with van der Waals surface area (Å²) in [6.07, 6.45) is -9.06. The number of benzene rings is 1. The molecule has 2 N–H and O–H groups in total. The van der Waals surface area contributed by atoms with Gasteiger partial charge in [0.2, 0.25) is 0 Å². The van der Waals surface area contributed by atoms with Gasteiger partial charge < -0.3 is 10.6 Å². The third-order valence-electron chi connectivity index (χ3n) is 3.67. The van der Waals surface area contributed by atoms with Crippen LogP contribution in [-0.4, -0.2) is 19.3 Å². The summed E-state index contributed by atoms with van der Waals surface area (Å²) in [5.74, 6) is -1.38. The highest BCUT2D eigenvalue weighted by Crippen LogP contribution is 2.38. The van der Waals surface area contributed by atoms with E-state index in [0.29, 0.717) is 0 Å². The minimum absolute atomic E-state index is 0.0748. The maximum atomic E-state index is 12.8. The first kappa shape index (κ1) is 15.8. The van der Waals surface area contributed by atoms with Crippen molar-refractivity contribution in [2.24, 2.45) is 5.92 Å². The van der Waals surface area contributed by atoms with E-state index in [0.717, 1.165) is 12.1 Å². The summed E-state index contributed by atoms with van der Waals surface area (Å²) in [7, 11) is 0. The highest BCUT2D eigenvalue weighted by molar-refractivity contribution is 5.59. The van der Waals surface area contributed by atoms with Crippen LogP contribution in [0.25, 0.3) is 0 Å². The third-order valence-corrected chi connectivity index (χ3v) is 3.67. The van der Waals surface area contributed by atoms with E-state index >= 15 is 0 Å². The molecule has 1 aliphatic heterocycles. The molecule has 0 saturated carbocycles. The Bertz CT molecular complexity index is 500. The van der Waals surface area contributed by atoms with Crippen LogP contribution in [0.1, 0.15) is 18.4 Å². The molecule has 2 nitrogen and oxygen atoms in total. The van der Waals surface area contributed by atoms with Gasteiger partial charge in [0.15, 0.2) is 0 Å². The number of alkyl halides is 6. The minimum atomic E-state index is -4.58. The van der Waals surface area contributed by atoms with Crippen molar-refractivity contribution >= 4 is 11.4 Å². The Kier molecular flexibility index (Phi) is 3.99. The first-order chi connectivity index (χ1) is 9.59. The first-order valence-corrected chi connectivity index (χ1v) is 6.37. The van der Waals surface area contributed by atoms with Gasteiger partial charge in [-0.2, -0.15) is 26.3 Å². The van der Waals surface area contributed by atoms with Crippen LogP contribution < -0.4 is 10.6 Å². The lowest BCUT2D eigenvalue weighted by molar-refractivity contribution is -0.179. The molecule has 0 aromatic heterocycles. The molecule has 0 amide bonds. The average molecular weight is 312 g/mol. The molecule has 1 aliphatic rings. The molecule has 0 aliphatic carbocycles. The van der Waals surface area contributed by atoms with Crippen LogP contribution in [0.4, 0.5) is 37.7 Å². The lowest BCUT2D eigenvalue weighted by atomic mass is 9.95. The van der Waals surface area contributed by atoms with Gasteiger partial charge in [-0.3, -0.25) is 0 Å². The molecule has 0 spiro atoms. The number of piperidine rings is 1. The van der Waals surface area contributed by atoms with Gasteiger partial charge in [0.1, 0.15) is 0 Å². The summed E-state index contributed by atoms with van der Waals surface area (Å²) < 4.78 is 76.0. The Hall–Kier alpha value is -1.60. The normalized spacial score (nSPS) is 18.1. The largest absolute Gasteiger partial charge is 0.418 e. The number of nitrogens with zero attached hydrogens (tertiary/aromatic N) is 1. The number of hydrogen-bond acceptors (Lipinski definition) is 2. The highest BCUT2D eigenvalue weighted by Gasteiger charge is 2.41. The number of halogens is 6. The van der Waals surface area contributed by atoms with Crippen LogP contribution in [0, 0.1) is 5.92 Å². The van der Waals surface area contributed by atoms with Gasteiger partial charge in [-0.25, -0.2) is 0 Å². The Balaban J connectivity index is 2.14. The van der Waals surface area contributed by atoms with E-state index < -0.39 is 29.5 Å². The second kappa shape index (κ2) is 5.31. The van der Waals surface area contributed by atoms with Gasteiger partial charge in [0.05, 0.1) is 11.5 Å². The topological polar surface area (TPSA) is 29.3 Å². The zero-order chi connectivity index (χ0) is 15.8. The zero-order valence-electron chi connectivity index (χ0n) is 10.9. The van der Waals surface area contributed by atoms with Crippen LogP contribution in [0.3, 0.4) is 0 Å². The van der Waals surface area contributed by atoms with E-state index in [9.17, 15) is 26.3 Å². The van der Waals surface area contributed by atoms with E-state index in [2.05, 4.69) is 0 Å². The smallest absolute Gasteiger partial charge is 0.398 e. The molecule has 118 valence electrons. The molecule has 1 aromatic rings. The second-order valence-corrected chi connectivity index (χ2v) is 5.07. The minimum Gasteiger partial charge on any atom is -0.398 e. The summed E-state index contributed by atoms with van der Waals surface area (Å²) in [6, 6.07) is 3.43. The molecular weight excluding hydrogens is 298 g/mol. The van der Waals surface area contributed by atoms with Gasteiger partial charge in [-0.05, 0) is 31.0 Å². The van der Waals surface area contributed by atoms with Crippen molar-refractivity contribution in [3.05, 3.63) is 23.8 Å². The van der Waals surface area contributed by atoms with E-state index in [-0.39, 0.29) is 31.6 Å². The lowest BCUT2D eigenvalue weighted by Gasteiger charge is -2.34. The summed E-state index contributed by atoms with van der Waals surface area (Å²) in [5, 5.41) is 0. The number of nitrogens with two attached hydrogens (primary N) is 1. The van der Waals surface area contributed by atoms with Crippen LogP contribution in [-0.2, 0) is 6.18 Å². The quantitative estimate of drug-likeness (QED) is 0.626. The molecular formula is C13H14F6N2. The van der Waals surface area contributed by atoms with Gasteiger partial charge in [0.25, 0.3) is 0 Å². The lowest BCUT2D eigenvalue weighted by Crippen LogP contribution is -2.39. The average Bonchev–Trinajstić information content (AvgIpc) is 2.37. The molecule has 1 aromatic carbocycles. The molecule has 1 heterocycles.